The SMILES string of the molecule is O=C(/C=C/c1cccnc1)OC1CC(c2cccc(Cl)c2)C1. The quantitative estimate of drug-likeness (QED) is 0.626. The Kier molecular flexibility index (Phi) is 4.54. The first-order valence-electron chi connectivity index (χ1n) is 7.25. The van der Waals surface area contributed by atoms with E-state index < -0.39 is 0 Å². The third-order valence-corrected chi connectivity index (χ3v) is 4.03. The van der Waals surface area contributed by atoms with Crippen LogP contribution in [0.25, 0.3) is 6.08 Å². The van der Waals surface area contributed by atoms with E-state index in [1.165, 1.54) is 11.6 Å². The van der Waals surface area contributed by atoms with Gasteiger partial charge in [-0.3, -0.25) is 4.98 Å². The molecular weight excluding hydrogens is 298 g/mol. The summed E-state index contributed by atoms with van der Waals surface area (Å²) in [5.74, 6) is 0.122. The van der Waals surface area contributed by atoms with Gasteiger partial charge in [0.25, 0.3) is 0 Å². The Labute approximate surface area is 134 Å². The summed E-state index contributed by atoms with van der Waals surface area (Å²) in [6.45, 7) is 0. The van der Waals surface area contributed by atoms with E-state index in [1.807, 2.05) is 30.3 Å². The van der Waals surface area contributed by atoms with Gasteiger partial charge in [-0.25, -0.2) is 4.79 Å². The number of nitrogens with zero attached hydrogens (tertiary/aromatic N) is 1. The molecule has 1 aromatic heterocycles. The number of carbonyl (C=O) groups excluding carboxylic acids is 1. The molecule has 0 atom stereocenters. The van der Waals surface area contributed by atoms with E-state index in [0.29, 0.717) is 5.92 Å². The van der Waals surface area contributed by atoms with E-state index in [0.717, 1.165) is 23.4 Å². The highest BCUT2D eigenvalue weighted by atomic mass is 35.5. The summed E-state index contributed by atoms with van der Waals surface area (Å²) in [5.41, 5.74) is 2.09. The van der Waals surface area contributed by atoms with Gasteiger partial charge in [-0.05, 0) is 54.2 Å². The molecule has 1 aliphatic rings. The molecule has 2 aromatic rings. The molecule has 0 unspecified atom stereocenters. The van der Waals surface area contributed by atoms with Crippen LogP contribution in [0.3, 0.4) is 0 Å². The molecule has 0 aliphatic heterocycles. The first kappa shape index (κ1) is 14.8. The Balaban J connectivity index is 1.48. The maximum absolute atomic E-state index is 11.8. The summed E-state index contributed by atoms with van der Waals surface area (Å²) in [7, 11) is 0. The van der Waals surface area contributed by atoms with E-state index >= 15 is 0 Å². The monoisotopic (exact) mass is 313 g/mol. The van der Waals surface area contributed by atoms with Crippen LogP contribution in [-0.4, -0.2) is 17.1 Å². The molecule has 1 aliphatic carbocycles. The van der Waals surface area contributed by atoms with Crippen LogP contribution in [0.5, 0.6) is 0 Å². The molecule has 1 heterocycles. The maximum Gasteiger partial charge on any atom is 0.331 e. The Hall–Kier alpha value is -2.13. The highest BCUT2D eigenvalue weighted by Gasteiger charge is 2.32. The second-order valence-corrected chi connectivity index (χ2v) is 5.84. The highest BCUT2D eigenvalue weighted by molar-refractivity contribution is 6.30. The van der Waals surface area contributed by atoms with E-state index in [9.17, 15) is 4.79 Å². The minimum Gasteiger partial charge on any atom is -0.459 e. The van der Waals surface area contributed by atoms with Crippen LogP contribution >= 0.6 is 11.6 Å². The predicted octanol–water partition coefficient (Wildman–Crippen LogP) is 4.24. The lowest BCUT2D eigenvalue weighted by Gasteiger charge is -2.34. The Morgan fingerprint density at radius 1 is 1.27 bits per heavy atom. The lowest BCUT2D eigenvalue weighted by Crippen LogP contribution is -2.31. The van der Waals surface area contributed by atoms with Gasteiger partial charge in [0.2, 0.25) is 0 Å². The lowest BCUT2D eigenvalue weighted by atomic mass is 9.77. The average molecular weight is 314 g/mol. The maximum atomic E-state index is 11.8. The molecule has 0 spiro atoms. The zero-order valence-electron chi connectivity index (χ0n) is 12.0. The second-order valence-electron chi connectivity index (χ2n) is 5.40. The molecule has 22 heavy (non-hydrogen) atoms. The van der Waals surface area contributed by atoms with Crippen LogP contribution in [0.1, 0.15) is 29.9 Å². The smallest absolute Gasteiger partial charge is 0.331 e. The van der Waals surface area contributed by atoms with Gasteiger partial charge in [0.15, 0.2) is 0 Å². The van der Waals surface area contributed by atoms with Crippen molar-refractivity contribution in [2.45, 2.75) is 24.9 Å². The van der Waals surface area contributed by atoms with Gasteiger partial charge in [0.05, 0.1) is 0 Å². The van der Waals surface area contributed by atoms with Crippen LogP contribution in [0.4, 0.5) is 0 Å². The number of esters is 1. The third-order valence-electron chi connectivity index (χ3n) is 3.79. The Bertz CT molecular complexity index is 678. The van der Waals surface area contributed by atoms with Crippen LogP contribution < -0.4 is 0 Å². The van der Waals surface area contributed by atoms with Crippen molar-refractivity contribution < 1.29 is 9.53 Å². The number of carbonyl (C=O) groups is 1. The van der Waals surface area contributed by atoms with Crippen molar-refractivity contribution in [2.75, 3.05) is 0 Å². The molecule has 3 nitrogen and oxygen atoms in total. The predicted molar refractivity (Wildman–Crippen MR) is 86.6 cm³/mol. The van der Waals surface area contributed by atoms with Crippen LogP contribution in [0.2, 0.25) is 5.02 Å². The molecule has 3 rings (SSSR count). The van der Waals surface area contributed by atoms with Gasteiger partial charge in [-0.2, -0.15) is 0 Å². The molecule has 0 radical (unpaired) electrons. The van der Waals surface area contributed by atoms with Gasteiger partial charge < -0.3 is 4.74 Å². The zero-order chi connectivity index (χ0) is 15.4. The molecule has 112 valence electrons. The van der Waals surface area contributed by atoms with E-state index in [1.54, 1.807) is 18.5 Å². The van der Waals surface area contributed by atoms with Gasteiger partial charge >= 0.3 is 5.97 Å². The third kappa shape index (κ3) is 3.74. The summed E-state index contributed by atoms with van der Waals surface area (Å²) < 4.78 is 5.41. The van der Waals surface area contributed by atoms with Crippen molar-refractivity contribution >= 4 is 23.6 Å². The molecular formula is C18H16ClNO2. The van der Waals surface area contributed by atoms with Gasteiger partial charge in [-0.1, -0.05) is 29.8 Å². The minimum absolute atomic E-state index is 0.00460. The van der Waals surface area contributed by atoms with Gasteiger partial charge in [-0.15, -0.1) is 0 Å². The molecule has 0 amide bonds. The van der Waals surface area contributed by atoms with Crippen molar-refractivity contribution in [3.05, 3.63) is 71.0 Å². The molecule has 0 saturated heterocycles. The number of ether oxygens (including phenoxy) is 1. The first-order chi connectivity index (χ1) is 10.7. The molecule has 1 saturated carbocycles. The number of benzene rings is 1. The summed E-state index contributed by atoms with van der Waals surface area (Å²) in [5, 5.41) is 0.748. The van der Waals surface area contributed by atoms with E-state index in [2.05, 4.69) is 11.1 Å². The standard InChI is InChI=1S/C18H16ClNO2/c19-16-5-1-4-14(9-16)15-10-17(11-15)22-18(21)7-6-13-3-2-8-20-12-13/h1-9,12,15,17H,10-11H2/b7-6+. The highest BCUT2D eigenvalue weighted by Crippen LogP contribution is 2.39. The van der Waals surface area contributed by atoms with Crippen LogP contribution in [0.15, 0.2) is 54.9 Å². The molecule has 1 fully saturated rings. The van der Waals surface area contributed by atoms with Gasteiger partial charge in [0.1, 0.15) is 6.10 Å². The first-order valence-corrected chi connectivity index (χ1v) is 7.63. The topological polar surface area (TPSA) is 39.2 Å². The summed E-state index contributed by atoms with van der Waals surface area (Å²) in [6.07, 6.45) is 8.25. The van der Waals surface area contributed by atoms with Crippen LogP contribution in [0, 0.1) is 0 Å². The largest absolute Gasteiger partial charge is 0.459 e. The second kappa shape index (κ2) is 6.75. The van der Waals surface area contributed by atoms with E-state index in [4.69, 9.17) is 16.3 Å². The number of hydrogen-bond acceptors (Lipinski definition) is 3. The molecule has 4 heteroatoms. The molecule has 1 aromatic carbocycles. The average Bonchev–Trinajstić information content (AvgIpc) is 2.49. The molecule has 0 N–H and O–H groups in total. The normalized spacial score (nSPS) is 20.6. The van der Waals surface area contributed by atoms with E-state index in [-0.39, 0.29) is 12.1 Å². The summed E-state index contributed by atoms with van der Waals surface area (Å²) in [4.78, 5) is 15.8. The number of aromatic nitrogens is 1. The fourth-order valence-corrected chi connectivity index (χ4v) is 2.74. The Morgan fingerprint density at radius 2 is 2.14 bits per heavy atom. The fourth-order valence-electron chi connectivity index (χ4n) is 2.54. The number of halogens is 1. The van der Waals surface area contributed by atoms with Crippen molar-refractivity contribution in [3.63, 3.8) is 0 Å². The molecule has 0 bridgehead atoms. The van der Waals surface area contributed by atoms with Gasteiger partial charge in [0, 0.05) is 23.5 Å². The van der Waals surface area contributed by atoms with Crippen molar-refractivity contribution in [2.24, 2.45) is 0 Å². The minimum atomic E-state index is -0.307. The van der Waals surface area contributed by atoms with Crippen molar-refractivity contribution in [1.82, 2.24) is 4.98 Å². The zero-order valence-corrected chi connectivity index (χ0v) is 12.7. The number of rotatable bonds is 4. The van der Waals surface area contributed by atoms with Crippen LogP contribution in [-0.2, 0) is 9.53 Å². The van der Waals surface area contributed by atoms with Crippen molar-refractivity contribution in [1.29, 1.82) is 0 Å². The number of pyridine rings is 1. The summed E-state index contributed by atoms with van der Waals surface area (Å²) >= 11 is 5.99. The summed E-state index contributed by atoms with van der Waals surface area (Å²) in [6, 6.07) is 11.6. The Morgan fingerprint density at radius 3 is 2.86 bits per heavy atom. The number of hydrogen-bond donors (Lipinski definition) is 0. The van der Waals surface area contributed by atoms with Crippen molar-refractivity contribution in [3.8, 4) is 0 Å². The fraction of sp³-hybridized carbons (Fsp3) is 0.222. The lowest BCUT2D eigenvalue weighted by molar-refractivity contribution is -0.147.